The second kappa shape index (κ2) is 7.37. The zero-order valence-electron chi connectivity index (χ0n) is 13.3. The summed E-state index contributed by atoms with van der Waals surface area (Å²) in [5.74, 6) is -1.04. The normalized spacial score (nSPS) is 17.0. The Morgan fingerprint density at radius 2 is 2.23 bits per heavy atom. The summed E-state index contributed by atoms with van der Waals surface area (Å²) in [6, 6.07) is 8.80. The molecular formula is C17H13ClFN5O2. The van der Waals surface area contributed by atoms with Crippen molar-refractivity contribution in [2.75, 3.05) is 6.54 Å². The van der Waals surface area contributed by atoms with Crippen molar-refractivity contribution >= 4 is 23.5 Å². The number of nitrogens with one attached hydrogen (secondary N) is 3. The van der Waals surface area contributed by atoms with E-state index in [0.717, 1.165) is 0 Å². The number of amides is 3. The van der Waals surface area contributed by atoms with E-state index < -0.39 is 29.8 Å². The summed E-state index contributed by atoms with van der Waals surface area (Å²) in [5, 5.41) is 16.7. The van der Waals surface area contributed by atoms with Crippen LogP contribution in [0.5, 0.6) is 0 Å². The molecule has 1 saturated heterocycles. The molecule has 1 aliphatic rings. The van der Waals surface area contributed by atoms with Gasteiger partial charge in [-0.1, -0.05) is 23.7 Å². The van der Waals surface area contributed by atoms with Crippen molar-refractivity contribution in [3.63, 3.8) is 0 Å². The molecule has 7 nitrogen and oxygen atoms in total. The lowest BCUT2D eigenvalue weighted by atomic mass is 10.0. The minimum Gasteiger partial charge on any atom is -0.342 e. The first-order valence-corrected chi connectivity index (χ1v) is 8.02. The largest absolute Gasteiger partial charge is 0.342 e. The molecule has 0 bridgehead atoms. The highest BCUT2D eigenvalue weighted by Crippen LogP contribution is 2.25. The third-order valence-corrected chi connectivity index (χ3v) is 4.12. The number of urea groups is 1. The van der Waals surface area contributed by atoms with Gasteiger partial charge in [0.25, 0.3) is 0 Å². The van der Waals surface area contributed by atoms with E-state index in [1.165, 1.54) is 24.3 Å². The highest BCUT2D eigenvalue weighted by Gasteiger charge is 2.29. The number of nitrogens with zero attached hydrogens (tertiary/aromatic N) is 2. The maximum atomic E-state index is 13.5. The van der Waals surface area contributed by atoms with Gasteiger partial charge in [0, 0.05) is 6.54 Å². The van der Waals surface area contributed by atoms with Crippen LogP contribution >= 0.6 is 11.6 Å². The molecule has 3 rings (SSSR count). The number of nitriles is 1. The lowest BCUT2D eigenvalue weighted by Gasteiger charge is -2.21. The second-order valence-corrected chi connectivity index (χ2v) is 5.99. The molecule has 3 amide bonds. The molecule has 2 heterocycles. The maximum Gasteiger partial charge on any atom is 0.315 e. The highest BCUT2D eigenvalue weighted by atomic mass is 35.5. The number of carbonyl (C=O) groups excluding carboxylic acids is 2. The van der Waals surface area contributed by atoms with Gasteiger partial charge in [0.15, 0.2) is 0 Å². The van der Waals surface area contributed by atoms with E-state index in [1.807, 2.05) is 6.07 Å². The molecule has 1 aromatic carbocycles. The van der Waals surface area contributed by atoms with Crippen molar-refractivity contribution in [3.8, 4) is 6.07 Å². The average molecular weight is 374 g/mol. The predicted molar refractivity (Wildman–Crippen MR) is 90.7 cm³/mol. The molecule has 132 valence electrons. The zero-order valence-corrected chi connectivity index (χ0v) is 14.0. The number of carbonyl (C=O) groups is 2. The molecule has 0 saturated carbocycles. The molecule has 1 fully saturated rings. The van der Waals surface area contributed by atoms with Crippen LogP contribution in [0.4, 0.5) is 9.18 Å². The number of hydrogen-bond acceptors (Lipinski definition) is 4. The van der Waals surface area contributed by atoms with Crippen LogP contribution < -0.4 is 16.0 Å². The topological polar surface area (TPSA) is 107 Å². The van der Waals surface area contributed by atoms with Crippen LogP contribution in [0.25, 0.3) is 0 Å². The van der Waals surface area contributed by atoms with E-state index >= 15 is 0 Å². The summed E-state index contributed by atoms with van der Waals surface area (Å²) >= 11 is 5.86. The monoisotopic (exact) mass is 373 g/mol. The first-order valence-electron chi connectivity index (χ1n) is 7.64. The van der Waals surface area contributed by atoms with Gasteiger partial charge in [-0.25, -0.2) is 14.2 Å². The first-order chi connectivity index (χ1) is 12.5. The Bertz CT molecular complexity index is 914. The van der Waals surface area contributed by atoms with Gasteiger partial charge in [0.1, 0.15) is 23.6 Å². The van der Waals surface area contributed by atoms with Gasteiger partial charge in [-0.05, 0) is 29.8 Å². The Morgan fingerprint density at radius 3 is 2.88 bits per heavy atom. The van der Waals surface area contributed by atoms with Gasteiger partial charge in [0.05, 0.1) is 16.8 Å². The van der Waals surface area contributed by atoms with Gasteiger partial charge < -0.3 is 16.0 Å². The highest BCUT2D eigenvalue weighted by molar-refractivity contribution is 6.30. The quantitative estimate of drug-likeness (QED) is 0.757. The van der Waals surface area contributed by atoms with Crippen LogP contribution in [0.2, 0.25) is 5.02 Å². The average Bonchev–Trinajstić information content (AvgIpc) is 3.08. The minimum atomic E-state index is -0.772. The molecule has 9 heteroatoms. The molecule has 2 aromatic rings. The molecule has 2 atom stereocenters. The van der Waals surface area contributed by atoms with Crippen LogP contribution in [0, 0.1) is 17.1 Å². The van der Waals surface area contributed by atoms with E-state index in [9.17, 15) is 14.0 Å². The molecule has 0 spiro atoms. The second-order valence-electron chi connectivity index (χ2n) is 5.58. The lowest BCUT2D eigenvalue weighted by molar-refractivity contribution is -0.122. The van der Waals surface area contributed by atoms with Crippen LogP contribution in [0.3, 0.4) is 0 Å². The van der Waals surface area contributed by atoms with Crippen molar-refractivity contribution in [1.29, 1.82) is 5.26 Å². The Balaban J connectivity index is 1.95. The van der Waals surface area contributed by atoms with Crippen molar-refractivity contribution < 1.29 is 14.0 Å². The molecular weight excluding hydrogens is 361 g/mol. The third kappa shape index (κ3) is 3.73. The Morgan fingerprint density at radius 1 is 1.42 bits per heavy atom. The van der Waals surface area contributed by atoms with Crippen molar-refractivity contribution in [2.24, 2.45) is 0 Å². The summed E-state index contributed by atoms with van der Waals surface area (Å²) < 4.78 is 13.5. The molecule has 0 aliphatic carbocycles. The summed E-state index contributed by atoms with van der Waals surface area (Å²) in [4.78, 5) is 27.9. The minimum absolute atomic E-state index is 0.103. The first kappa shape index (κ1) is 17.6. The van der Waals surface area contributed by atoms with Gasteiger partial charge in [-0.3, -0.25) is 4.79 Å². The molecule has 1 unspecified atom stereocenters. The molecule has 0 radical (unpaired) electrons. The number of halogens is 2. The Hall–Kier alpha value is -3.18. The molecule has 26 heavy (non-hydrogen) atoms. The molecule has 3 N–H and O–H groups in total. The van der Waals surface area contributed by atoms with E-state index in [-0.39, 0.29) is 17.3 Å². The van der Waals surface area contributed by atoms with E-state index in [4.69, 9.17) is 16.9 Å². The third-order valence-electron chi connectivity index (χ3n) is 3.83. The van der Waals surface area contributed by atoms with Gasteiger partial charge in [-0.15, -0.1) is 0 Å². The van der Waals surface area contributed by atoms with Gasteiger partial charge >= 0.3 is 6.03 Å². The van der Waals surface area contributed by atoms with E-state index in [1.54, 1.807) is 12.1 Å². The molecule has 1 aliphatic heterocycles. The number of aromatic nitrogens is 1. The Labute approximate surface area is 153 Å². The van der Waals surface area contributed by atoms with E-state index in [0.29, 0.717) is 11.3 Å². The smallest absolute Gasteiger partial charge is 0.315 e. The van der Waals surface area contributed by atoms with Crippen molar-refractivity contribution in [2.45, 2.75) is 12.1 Å². The summed E-state index contributed by atoms with van der Waals surface area (Å²) in [5.41, 5.74) is 1.05. The lowest BCUT2D eigenvalue weighted by Crippen LogP contribution is -2.44. The van der Waals surface area contributed by atoms with Crippen LogP contribution in [0.15, 0.2) is 36.4 Å². The number of rotatable bonds is 4. The van der Waals surface area contributed by atoms with Crippen molar-refractivity contribution in [3.05, 3.63) is 64.2 Å². The standard InChI is InChI=1S/C17H13ClFN5O2/c18-11-6-9(4-5-12(11)19)15(13-3-1-2-10(7-20)22-13)24-16(25)14-8-21-17(26)23-14/h1-6,14-15H,8H2,(H,24,25)(H2,21,23,26)/t14-,15?/m0/s1. The van der Waals surface area contributed by atoms with Gasteiger partial charge in [0.2, 0.25) is 5.91 Å². The van der Waals surface area contributed by atoms with Crippen LogP contribution in [-0.4, -0.2) is 29.5 Å². The summed E-state index contributed by atoms with van der Waals surface area (Å²) in [6.45, 7) is 0.146. The van der Waals surface area contributed by atoms with Crippen LogP contribution in [-0.2, 0) is 4.79 Å². The zero-order chi connectivity index (χ0) is 18.7. The molecule has 1 aromatic heterocycles. The Kier molecular flexibility index (Phi) is 5.00. The van der Waals surface area contributed by atoms with Gasteiger partial charge in [-0.2, -0.15) is 5.26 Å². The number of pyridine rings is 1. The summed E-state index contributed by atoms with van der Waals surface area (Å²) in [6.07, 6.45) is 0. The van der Waals surface area contributed by atoms with Crippen LogP contribution in [0.1, 0.15) is 23.0 Å². The fraction of sp³-hybridized carbons (Fsp3) is 0.176. The van der Waals surface area contributed by atoms with E-state index in [2.05, 4.69) is 20.9 Å². The SMILES string of the molecule is N#Cc1cccc(C(NC(=O)[C@@H]2CNC(=O)N2)c2ccc(F)c(Cl)c2)n1. The maximum absolute atomic E-state index is 13.5. The fourth-order valence-electron chi connectivity index (χ4n) is 2.55. The number of benzene rings is 1. The number of hydrogen-bond donors (Lipinski definition) is 3. The summed E-state index contributed by atoms with van der Waals surface area (Å²) in [7, 11) is 0. The predicted octanol–water partition coefficient (Wildman–Crippen LogP) is 1.63. The van der Waals surface area contributed by atoms with Crippen molar-refractivity contribution in [1.82, 2.24) is 20.9 Å². The fourth-order valence-corrected chi connectivity index (χ4v) is 2.74.